The Kier molecular flexibility index (Phi) is 1.89. The molecule has 1 aliphatic carbocycles. The second-order valence-electron chi connectivity index (χ2n) is 3.11. The summed E-state index contributed by atoms with van der Waals surface area (Å²) in [5.74, 6) is -1.23. The van der Waals surface area contributed by atoms with Crippen LogP contribution in [-0.4, -0.2) is 33.5 Å². The third-order valence-electron chi connectivity index (χ3n) is 1.98. The van der Waals surface area contributed by atoms with Gasteiger partial charge in [-0.1, -0.05) is 0 Å². The SMILES string of the molecule is CC1=CC(=O)[C@H](O)[C@](C)(O)C1=O. The average molecular weight is 170 g/mol. The summed E-state index contributed by atoms with van der Waals surface area (Å²) >= 11 is 0. The lowest BCUT2D eigenvalue weighted by molar-refractivity contribution is -0.153. The molecule has 0 fully saturated rings. The summed E-state index contributed by atoms with van der Waals surface area (Å²) in [5.41, 5.74) is -1.79. The molecule has 4 heteroatoms. The molecular formula is C8H10O4. The van der Waals surface area contributed by atoms with Gasteiger partial charge in [-0.05, 0) is 25.5 Å². The highest BCUT2D eigenvalue weighted by atomic mass is 16.4. The molecule has 0 bridgehead atoms. The van der Waals surface area contributed by atoms with Crippen LogP contribution in [0.4, 0.5) is 0 Å². The number of carbonyl (C=O) groups excluding carboxylic acids is 2. The van der Waals surface area contributed by atoms with Gasteiger partial charge in [-0.3, -0.25) is 9.59 Å². The first kappa shape index (κ1) is 9.09. The second-order valence-corrected chi connectivity index (χ2v) is 3.11. The standard InChI is InChI=1S/C8H10O4/c1-4-3-5(9)7(11)8(2,12)6(4)10/h3,7,11-12H,1-2H3/t7-,8+/m0/s1. The first-order chi connectivity index (χ1) is 5.37. The van der Waals surface area contributed by atoms with Gasteiger partial charge in [0.2, 0.25) is 0 Å². The van der Waals surface area contributed by atoms with Crippen LogP contribution >= 0.6 is 0 Å². The minimum Gasteiger partial charge on any atom is -0.381 e. The highest BCUT2D eigenvalue weighted by molar-refractivity contribution is 6.14. The van der Waals surface area contributed by atoms with E-state index in [2.05, 4.69) is 0 Å². The maximum Gasteiger partial charge on any atom is 0.193 e. The van der Waals surface area contributed by atoms with E-state index >= 15 is 0 Å². The summed E-state index contributed by atoms with van der Waals surface area (Å²) in [6.07, 6.45) is -0.584. The van der Waals surface area contributed by atoms with Crippen molar-refractivity contribution in [1.82, 2.24) is 0 Å². The second kappa shape index (κ2) is 2.50. The van der Waals surface area contributed by atoms with E-state index in [1.165, 1.54) is 6.92 Å². The van der Waals surface area contributed by atoms with Crippen LogP contribution in [0.15, 0.2) is 11.6 Å². The van der Waals surface area contributed by atoms with Crippen molar-refractivity contribution in [1.29, 1.82) is 0 Å². The lowest BCUT2D eigenvalue weighted by Crippen LogP contribution is -2.53. The smallest absolute Gasteiger partial charge is 0.193 e. The minimum atomic E-state index is -1.96. The van der Waals surface area contributed by atoms with Crippen LogP contribution in [0.2, 0.25) is 0 Å². The van der Waals surface area contributed by atoms with Crippen LogP contribution in [0.25, 0.3) is 0 Å². The molecule has 4 nitrogen and oxygen atoms in total. The van der Waals surface area contributed by atoms with Crippen LogP contribution in [-0.2, 0) is 9.59 Å². The first-order valence-corrected chi connectivity index (χ1v) is 3.54. The molecule has 66 valence electrons. The molecule has 0 amide bonds. The molecular weight excluding hydrogens is 160 g/mol. The predicted octanol–water partition coefficient (Wildman–Crippen LogP) is -0.804. The summed E-state index contributed by atoms with van der Waals surface area (Å²) in [5, 5.41) is 18.5. The van der Waals surface area contributed by atoms with Crippen molar-refractivity contribution in [2.75, 3.05) is 0 Å². The molecule has 0 spiro atoms. The van der Waals surface area contributed by atoms with E-state index in [-0.39, 0.29) is 5.57 Å². The Morgan fingerprint density at radius 1 is 1.50 bits per heavy atom. The fraction of sp³-hybridized carbons (Fsp3) is 0.500. The van der Waals surface area contributed by atoms with Crippen LogP contribution in [0, 0.1) is 0 Å². The molecule has 1 aliphatic rings. The monoisotopic (exact) mass is 170 g/mol. The summed E-state index contributed by atoms with van der Waals surface area (Å²) in [7, 11) is 0. The fourth-order valence-electron chi connectivity index (χ4n) is 1.16. The van der Waals surface area contributed by atoms with Crippen LogP contribution < -0.4 is 0 Å². The summed E-state index contributed by atoms with van der Waals surface area (Å²) in [4.78, 5) is 22.1. The molecule has 1 rings (SSSR count). The zero-order valence-electron chi connectivity index (χ0n) is 6.87. The molecule has 0 unspecified atom stereocenters. The van der Waals surface area contributed by atoms with Gasteiger partial charge in [0.25, 0.3) is 0 Å². The van der Waals surface area contributed by atoms with E-state index in [0.29, 0.717) is 0 Å². The quantitative estimate of drug-likeness (QED) is 0.499. The number of Topliss-reactive ketones (excluding diaryl/α,β-unsaturated/α-hetero) is 1. The van der Waals surface area contributed by atoms with Gasteiger partial charge in [-0.2, -0.15) is 0 Å². The summed E-state index contributed by atoms with van der Waals surface area (Å²) in [6, 6.07) is 0. The van der Waals surface area contributed by atoms with Crippen LogP contribution in [0.5, 0.6) is 0 Å². The Hall–Kier alpha value is -1.00. The van der Waals surface area contributed by atoms with Crippen LogP contribution in [0.3, 0.4) is 0 Å². The lowest BCUT2D eigenvalue weighted by Gasteiger charge is -2.29. The molecule has 0 radical (unpaired) electrons. The van der Waals surface area contributed by atoms with Gasteiger partial charge in [0.1, 0.15) is 0 Å². The Balaban J connectivity index is 3.18. The maximum absolute atomic E-state index is 11.2. The average Bonchev–Trinajstić information content (AvgIpc) is 1.99. The Bertz CT molecular complexity index is 275. The van der Waals surface area contributed by atoms with Crippen LogP contribution in [0.1, 0.15) is 13.8 Å². The molecule has 0 saturated carbocycles. The maximum atomic E-state index is 11.2. The normalized spacial score (nSPS) is 36.7. The van der Waals surface area contributed by atoms with E-state index in [4.69, 9.17) is 5.11 Å². The summed E-state index contributed by atoms with van der Waals surface area (Å²) < 4.78 is 0. The van der Waals surface area contributed by atoms with Gasteiger partial charge in [-0.15, -0.1) is 0 Å². The van der Waals surface area contributed by atoms with E-state index in [0.717, 1.165) is 13.0 Å². The molecule has 0 aromatic heterocycles. The molecule has 0 aromatic carbocycles. The van der Waals surface area contributed by atoms with Crippen molar-refractivity contribution in [3.63, 3.8) is 0 Å². The fourth-order valence-corrected chi connectivity index (χ4v) is 1.16. The molecule has 2 atom stereocenters. The van der Waals surface area contributed by atoms with Gasteiger partial charge in [-0.25, -0.2) is 0 Å². The minimum absolute atomic E-state index is 0.176. The third-order valence-corrected chi connectivity index (χ3v) is 1.98. The van der Waals surface area contributed by atoms with Gasteiger partial charge >= 0.3 is 0 Å². The zero-order chi connectivity index (χ0) is 9.52. The molecule has 0 saturated heterocycles. The van der Waals surface area contributed by atoms with Crippen molar-refractivity contribution >= 4 is 11.6 Å². The zero-order valence-corrected chi connectivity index (χ0v) is 6.87. The van der Waals surface area contributed by atoms with Gasteiger partial charge in [0.05, 0.1) is 0 Å². The number of rotatable bonds is 0. The van der Waals surface area contributed by atoms with E-state index < -0.39 is 23.3 Å². The number of aliphatic hydroxyl groups excluding tert-OH is 1. The number of hydrogen-bond acceptors (Lipinski definition) is 4. The third kappa shape index (κ3) is 1.09. The first-order valence-electron chi connectivity index (χ1n) is 3.54. The van der Waals surface area contributed by atoms with Crippen molar-refractivity contribution in [3.05, 3.63) is 11.6 Å². The molecule has 2 N–H and O–H groups in total. The van der Waals surface area contributed by atoms with Gasteiger partial charge in [0, 0.05) is 0 Å². The Labute approximate surface area is 69.5 Å². The summed E-state index contributed by atoms with van der Waals surface area (Å²) in [6.45, 7) is 2.56. The highest BCUT2D eigenvalue weighted by Crippen LogP contribution is 2.22. The number of hydrogen-bond donors (Lipinski definition) is 2. The van der Waals surface area contributed by atoms with Crippen molar-refractivity contribution in [2.45, 2.75) is 25.6 Å². The Morgan fingerprint density at radius 2 is 2.00 bits per heavy atom. The molecule has 12 heavy (non-hydrogen) atoms. The molecule has 0 aliphatic heterocycles. The van der Waals surface area contributed by atoms with Crippen molar-refractivity contribution < 1.29 is 19.8 Å². The topological polar surface area (TPSA) is 74.6 Å². The highest BCUT2D eigenvalue weighted by Gasteiger charge is 2.45. The van der Waals surface area contributed by atoms with Gasteiger partial charge in [0.15, 0.2) is 23.3 Å². The molecule has 0 aromatic rings. The molecule has 0 heterocycles. The number of carbonyl (C=O) groups is 2. The number of ketones is 2. The van der Waals surface area contributed by atoms with Crippen molar-refractivity contribution in [3.8, 4) is 0 Å². The number of aliphatic hydroxyl groups is 2. The van der Waals surface area contributed by atoms with E-state index in [1.54, 1.807) is 0 Å². The van der Waals surface area contributed by atoms with Crippen molar-refractivity contribution in [2.24, 2.45) is 0 Å². The lowest BCUT2D eigenvalue weighted by atomic mass is 9.82. The van der Waals surface area contributed by atoms with E-state index in [9.17, 15) is 14.7 Å². The Morgan fingerprint density at radius 3 is 2.50 bits per heavy atom. The largest absolute Gasteiger partial charge is 0.381 e. The van der Waals surface area contributed by atoms with Gasteiger partial charge < -0.3 is 10.2 Å². The van der Waals surface area contributed by atoms with E-state index in [1.807, 2.05) is 0 Å². The predicted molar refractivity (Wildman–Crippen MR) is 40.4 cm³/mol.